The van der Waals surface area contributed by atoms with Crippen molar-refractivity contribution in [2.24, 2.45) is 0 Å². The summed E-state index contributed by atoms with van der Waals surface area (Å²) in [6.45, 7) is -0.186. The van der Waals surface area contributed by atoms with Crippen LogP contribution in [0.25, 0.3) is 0 Å². The molecule has 2 aromatic rings. The van der Waals surface area contributed by atoms with Gasteiger partial charge in [-0.2, -0.15) is 0 Å². The highest BCUT2D eigenvalue weighted by molar-refractivity contribution is 9.10. The van der Waals surface area contributed by atoms with E-state index in [9.17, 15) is 14.4 Å². The minimum Gasteiger partial charge on any atom is -0.469 e. The van der Waals surface area contributed by atoms with E-state index in [1.807, 2.05) is 23.6 Å². The number of methoxy groups -OCH3 is 1. The molecule has 0 bridgehead atoms. The topological polar surface area (TPSA) is 84.5 Å². The molecule has 2 rings (SSSR count). The van der Waals surface area contributed by atoms with E-state index in [1.54, 1.807) is 18.2 Å². The second kappa shape index (κ2) is 9.33. The maximum atomic E-state index is 12.1. The van der Waals surface area contributed by atoms with Gasteiger partial charge in [0.25, 0.3) is 5.91 Å². The number of carbonyl (C=O) groups excluding carboxylic acids is 3. The van der Waals surface area contributed by atoms with Crippen molar-refractivity contribution in [1.29, 1.82) is 0 Å². The molecule has 1 aromatic carbocycles. The predicted octanol–water partition coefficient (Wildman–Crippen LogP) is 2.66. The molecule has 1 atom stereocenters. The Balaban J connectivity index is 1.92. The molecule has 0 aliphatic heterocycles. The van der Waals surface area contributed by atoms with E-state index < -0.39 is 12.0 Å². The van der Waals surface area contributed by atoms with E-state index in [1.165, 1.54) is 18.4 Å². The molecule has 0 aliphatic rings. The highest BCUT2D eigenvalue weighted by atomic mass is 79.9. The van der Waals surface area contributed by atoms with Gasteiger partial charge in [0.05, 0.1) is 26.1 Å². The van der Waals surface area contributed by atoms with Gasteiger partial charge in [-0.3, -0.25) is 14.4 Å². The molecule has 2 amide bonds. The molecular weight excluding hydrogens is 408 g/mol. The average molecular weight is 425 g/mol. The van der Waals surface area contributed by atoms with Crippen molar-refractivity contribution >= 4 is 45.1 Å². The summed E-state index contributed by atoms with van der Waals surface area (Å²) in [5.41, 5.74) is 0.451. The zero-order valence-corrected chi connectivity index (χ0v) is 15.9. The number of hydrogen-bond donors (Lipinski definition) is 2. The summed E-state index contributed by atoms with van der Waals surface area (Å²) in [7, 11) is 1.30. The van der Waals surface area contributed by atoms with Gasteiger partial charge in [0, 0.05) is 14.9 Å². The Bertz CT molecular complexity index is 749. The van der Waals surface area contributed by atoms with Crippen molar-refractivity contribution in [3.8, 4) is 0 Å². The second-order valence-corrected chi connectivity index (χ2v) is 7.00. The number of rotatable bonds is 7. The van der Waals surface area contributed by atoms with Gasteiger partial charge in [-0.1, -0.05) is 28.1 Å². The molecule has 0 spiro atoms. The van der Waals surface area contributed by atoms with Crippen molar-refractivity contribution in [3.63, 3.8) is 0 Å². The fraction of sp³-hybridized carbons (Fsp3) is 0.235. The number of hydrogen-bond acceptors (Lipinski definition) is 5. The number of thiophene rings is 1. The third kappa shape index (κ3) is 5.99. The first-order valence-corrected chi connectivity index (χ1v) is 9.10. The van der Waals surface area contributed by atoms with E-state index in [4.69, 9.17) is 0 Å². The Hall–Kier alpha value is -2.19. The highest BCUT2D eigenvalue weighted by Crippen LogP contribution is 2.22. The number of benzene rings is 1. The summed E-state index contributed by atoms with van der Waals surface area (Å²) in [6, 6.07) is 10.1. The van der Waals surface area contributed by atoms with Crippen LogP contribution in [0.3, 0.4) is 0 Å². The highest BCUT2D eigenvalue weighted by Gasteiger charge is 2.20. The van der Waals surface area contributed by atoms with Crippen LogP contribution >= 0.6 is 27.3 Å². The molecule has 0 fully saturated rings. The minimum absolute atomic E-state index is 0.0301. The summed E-state index contributed by atoms with van der Waals surface area (Å²) in [5.74, 6) is -1.15. The van der Waals surface area contributed by atoms with Crippen LogP contribution < -0.4 is 10.6 Å². The Morgan fingerprint density at radius 3 is 2.68 bits per heavy atom. The Kier molecular flexibility index (Phi) is 7.15. The zero-order valence-electron chi connectivity index (χ0n) is 13.5. The lowest BCUT2D eigenvalue weighted by Gasteiger charge is -2.16. The summed E-state index contributed by atoms with van der Waals surface area (Å²) in [5, 5.41) is 7.17. The van der Waals surface area contributed by atoms with Crippen LogP contribution in [0, 0.1) is 0 Å². The minimum atomic E-state index is -0.484. The lowest BCUT2D eigenvalue weighted by atomic mass is 10.1. The number of carbonyl (C=O) groups is 3. The van der Waals surface area contributed by atoms with E-state index >= 15 is 0 Å². The molecular formula is C17H17BrN2O4S. The summed E-state index contributed by atoms with van der Waals surface area (Å²) in [4.78, 5) is 36.6. The Labute approximate surface area is 157 Å². The molecule has 0 radical (unpaired) electrons. The molecule has 25 heavy (non-hydrogen) atoms. The van der Waals surface area contributed by atoms with Crippen LogP contribution in [-0.4, -0.2) is 31.4 Å². The Morgan fingerprint density at radius 1 is 1.24 bits per heavy atom. The summed E-state index contributed by atoms with van der Waals surface area (Å²) >= 11 is 4.73. The fourth-order valence-electron chi connectivity index (χ4n) is 2.10. The first-order chi connectivity index (χ1) is 12.0. The Morgan fingerprint density at radius 2 is 2.04 bits per heavy atom. The third-order valence-corrected chi connectivity index (χ3v) is 4.80. The van der Waals surface area contributed by atoms with Crippen LogP contribution in [-0.2, 0) is 14.3 Å². The standard InChI is InChI=1S/C17H17BrN2O4S/c1-24-16(22)9-13(14-6-3-7-25-14)20-15(21)10-19-17(23)11-4-2-5-12(18)8-11/h2-8,13H,9-10H2,1H3,(H,19,23)(H,20,21). The molecule has 6 nitrogen and oxygen atoms in total. The SMILES string of the molecule is COC(=O)CC(NC(=O)CNC(=O)c1cccc(Br)c1)c1cccs1. The number of amides is 2. The van der Waals surface area contributed by atoms with Gasteiger partial charge >= 0.3 is 5.97 Å². The van der Waals surface area contributed by atoms with Crippen molar-refractivity contribution in [2.75, 3.05) is 13.7 Å². The summed E-state index contributed by atoms with van der Waals surface area (Å²) in [6.07, 6.45) is 0.0301. The third-order valence-electron chi connectivity index (χ3n) is 3.32. The van der Waals surface area contributed by atoms with E-state index in [-0.39, 0.29) is 24.8 Å². The maximum Gasteiger partial charge on any atom is 0.307 e. The smallest absolute Gasteiger partial charge is 0.307 e. The normalized spacial score (nSPS) is 11.4. The van der Waals surface area contributed by atoms with Gasteiger partial charge in [0.15, 0.2) is 0 Å². The largest absolute Gasteiger partial charge is 0.469 e. The zero-order chi connectivity index (χ0) is 18.2. The first kappa shape index (κ1) is 19.1. The molecule has 8 heteroatoms. The van der Waals surface area contributed by atoms with E-state index in [0.29, 0.717) is 5.56 Å². The van der Waals surface area contributed by atoms with Crippen molar-refractivity contribution in [3.05, 3.63) is 56.7 Å². The molecule has 2 N–H and O–H groups in total. The monoisotopic (exact) mass is 424 g/mol. The molecule has 1 aromatic heterocycles. The van der Waals surface area contributed by atoms with Gasteiger partial charge in [-0.05, 0) is 29.6 Å². The van der Waals surface area contributed by atoms with E-state index in [2.05, 4.69) is 31.3 Å². The predicted molar refractivity (Wildman–Crippen MR) is 98.3 cm³/mol. The van der Waals surface area contributed by atoms with Crippen LogP contribution in [0.5, 0.6) is 0 Å². The van der Waals surface area contributed by atoms with Gasteiger partial charge in [0.2, 0.25) is 5.91 Å². The maximum absolute atomic E-state index is 12.1. The van der Waals surface area contributed by atoms with Crippen LogP contribution in [0.4, 0.5) is 0 Å². The summed E-state index contributed by atoms with van der Waals surface area (Å²) < 4.78 is 5.45. The molecule has 0 saturated heterocycles. The molecule has 1 unspecified atom stereocenters. The van der Waals surface area contributed by atoms with Gasteiger partial charge < -0.3 is 15.4 Å². The van der Waals surface area contributed by atoms with Gasteiger partial charge in [-0.15, -0.1) is 11.3 Å². The van der Waals surface area contributed by atoms with Crippen molar-refractivity contribution < 1.29 is 19.1 Å². The van der Waals surface area contributed by atoms with Crippen LogP contribution in [0.1, 0.15) is 27.7 Å². The lowest BCUT2D eigenvalue weighted by molar-refractivity contribution is -0.141. The van der Waals surface area contributed by atoms with Crippen LogP contribution in [0.15, 0.2) is 46.3 Å². The first-order valence-electron chi connectivity index (χ1n) is 7.43. The molecule has 1 heterocycles. The quantitative estimate of drug-likeness (QED) is 0.669. The van der Waals surface area contributed by atoms with Gasteiger partial charge in [-0.25, -0.2) is 0 Å². The number of esters is 1. The lowest BCUT2D eigenvalue weighted by Crippen LogP contribution is -2.39. The number of ether oxygens (including phenoxy) is 1. The molecule has 132 valence electrons. The fourth-order valence-corrected chi connectivity index (χ4v) is 3.28. The molecule has 0 aliphatic carbocycles. The van der Waals surface area contributed by atoms with Crippen molar-refractivity contribution in [1.82, 2.24) is 10.6 Å². The average Bonchev–Trinajstić information content (AvgIpc) is 3.13. The number of nitrogens with one attached hydrogen (secondary N) is 2. The molecule has 0 saturated carbocycles. The van der Waals surface area contributed by atoms with Crippen LogP contribution in [0.2, 0.25) is 0 Å². The van der Waals surface area contributed by atoms with Crippen molar-refractivity contribution in [2.45, 2.75) is 12.5 Å². The van der Waals surface area contributed by atoms with Gasteiger partial charge in [0.1, 0.15) is 0 Å². The second-order valence-electron chi connectivity index (χ2n) is 5.11. The van der Waals surface area contributed by atoms with E-state index in [0.717, 1.165) is 9.35 Å². The number of halogens is 1.